The van der Waals surface area contributed by atoms with Gasteiger partial charge in [0.15, 0.2) is 5.96 Å². The van der Waals surface area contributed by atoms with Crippen molar-refractivity contribution >= 4 is 29.9 Å². The lowest BCUT2D eigenvalue weighted by Crippen LogP contribution is -2.42. The number of likely N-dealkylation sites (N-methyl/N-ethyl adjacent to an activating group) is 1. The molecule has 7 heteroatoms. The highest BCUT2D eigenvalue weighted by Gasteiger charge is 2.31. The van der Waals surface area contributed by atoms with Gasteiger partial charge in [0.1, 0.15) is 5.75 Å². The molecule has 1 unspecified atom stereocenters. The summed E-state index contributed by atoms with van der Waals surface area (Å²) in [7, 11) is 5.88. The average molecular weight is 533 g/mol. The van der Waals surface area contributed by atoms with E-state index in [2.05, 4.69) is 48.7 Å². The lowest BCUT2D eigenvalue weighted by molar-refractivity contribution is 0.137. The summed E-state index contributed by atoms with van der Waals surface area (Å²) in [5, 5.41) is 16.5. The predicted octanol–water partition coefficient (Wildman–Crippen LogP) is 3.80. The predicted molar refractivity (Wildman–Crippen MR) is 136 cm³/mol. The van der Waals surface area contributed by atoms with Crippen LogP contribution in [0.5, 0.6) is 5.75 Å². The van der Waals surface area contributed by atoms with Crippen molar-refractivity contribution < 1.29 is 9.84 Å². The summed E-state index contributed by atoms with van der Waals surface area (Å²) in [5.41, 5.74) is 1.37. The van der Waals surface area contributed by atoms with Gasteiger partial charge in [-0.15, -0.1) is 24.0 Å². The smallest absolute Gasteiger partial charge is 0.191 e. The van der Waals surface area contributed by atoms with Gasteiger partial charge in [0.2, 0.25) is 0 Å². The lowest BCUT2D eigenvalue weighted by atomic mass is 9.72. The van der Waals surface area contributed by atoms with E-state index >= 15 is 0 Å². The van der Waals surface area contributed by atoms with Gasteiger partial charge in [-0.25, -0.2) is 0 Å². The molecule has 1 atom stereocenters. The maximum atomic E-state index is 9.56. The topological polar surface area (TPSA) is 69.1 Å². The molecule has 0 aliphatic heterocycles. The third kappa shape index (κ3) is 8.23. The molecule has 0 aromatic heterocycles. The normalized spacial score (nSPS) is 17.2. The summed E-state index contributed by atoms with van der Waals surface area (Å²) in [5.74, 6) is 1.73. The van der Waals surface area contributed by atoms with Crippen LogP contribution in [0, 0.1) is 5.41 Å². The van der Waals surface area contributed by atoms with Gasteiger partial charge in [-0.2, -0.15) is 0 Å². The Morgan fingerprint density at radius 2 is 1.97 bits per heavy atom. The number of nitrogens with one attached hydrogen (secondary N) is 2. The van der Waals surface area contributed by atoms with E-state index in [0.717, 1.165) is 37.8 Å². The second kappa shape index (κ2) is 14.1. The van der Waals surface area contributed by atoms with Crippen LogP contribution in [0.25, 0.3) is 0 Å². The van der Waals surface area contributed by atoms with E-state index in [-0.39, 0.29) is 42.0 Å². The molecule has 1 aliphatic carbocycles. The van der Waals surface area contributed by atoms with E-state index in [1.165, 1.54) is 37.7 Å². The first-order valence-electron chi connectivity index (χ1n) is 11.0. The fourth-order valence-electron chi connectivity index (χ4n) is 4.26. The van der Waals surface area contributed by atoms with Crippen LogP contribution in [-0.4, -0.2) is 63.4 Å². The zero-order chi connectivity index (χ0) is 21.1. The number of ether oxygens (including phenoxy) is 1. The van der Waals surface area contributed by atoms with E-state index < -0.39 is 0 Å². The minimum atomic E-state index is 0. The van der Waals surface area contributed by atoms with Crippen molar-refractivity contribution in [2.45, 2.75) is 51.5 Å². The van der Waals surface area contributed by atoms with Crippen LogP contribution in [0.3, 0.4) is 0 Å². The van der Waals surface area contributed by atoms with Gasteiger partial charge in [-0.1, -0.05) is 31.4 Å². The highest BCUT2D eigenvalue weighted by Crippen LogP contribution is 2.39. The van der Waals surface area contributed by atoms with Crippen LogP contribution < -0.4 is 15.4 Å². The van der Waals surface area contributed by atoms with Gasteiger partial charge in [0.05, 0.1) is 13.2 Å². The second-order valence-electron chi connectivity index (χ2n) is 8.37. The quantitative estimate of drug-likeness (QED) is 0.243. The molecule has 0 amide bonds. The SMILES string of the molecule is CCNC(=NCC1(CCO)CCCCC1)NCC(c1cccc(OC)c1)N(C)C.I. The summed E-state index contributed by atoms with van der Waals surface area (Å²) < 4.78 is 5.39. The Balaban J connectivity index is 0.00000450. The van der Waals surface area contributed by atoms with Crippen molar-refractivity contribution in [3.63, 3.8) is 0 Å². The first kappa shape index (κ1) is 27.0. The molecule has 0 spiro atoms. The molecule has 1 fully saturated rings. The number of benzene rings is 1. The Morgan fingerprint density at radius 1 is 1.23 bits per heavy atom. The van der Waals surface area contributed by atoms with Gasteiger partial charge in [-0.3, -0.25) is 4.99 Å². The Bertz CT molecular complexity index is 628. The first-order chi connectivity index (χ1) is 14.0. The molecule has 1 aliphatic rings. The van der Waals surface area contributed by atoms with Crippen molar-refractivity contribution in [3.8, 4) is 5.75 Å². The van der Waals surface area contributed by atoms with Gasteiger partial charge in [-0.05, 0) is 63.4 Å². The maximum Gasteiger partial charge on any atom is 0.191 e. The van der Waals surface area contributed by atoms with E-state index in [9.17, 15) is 5.11 Å². The summed E-state index contributed by atoms with van der Waals surface area (Å²) in [6, 6.07) is 8.44. The van der Waals surface area contributed by atoms with E-state index in [4.69, 9.17) is 9.73 Å². The molecule has 2 rings (SSSR count). The van der Waals surface area contributed by atoms with Crippen LogP contribution in [0.15, 0.2) is 29.3 Å². The number of guanidine groups is 1. The fourth-order valence-corrected chi connectivity index (χ4v) is 4.26. The molecule has 1 saturated carbocycles. The van der Waals surface area contributed by atoms with Crippen LogP contribution >= 0.6 is 24.0 Å². The number of methoxy groups -OCH3 is 1. The second-order valence-corrected chi connectivity index (χ2v) is 8.37. The minimum Gasteiger partial charge on any atom is -0.497 e. The van der Waals surface area contributed by atoms with Gasteiger partial charge < -0.3 is 25.4 Å². The van der Waals surface area contributed by atoms with E-state index in [0.29, 0.717) is 0 Å². The number of aliphatic imine (C=N–C) groups is 1. The van der Waals surface area contributed by atoms with Crippen molar-refractivity contribution in [3.05, 3.63) is 29.8 Å². The summed E-state index contributed by atoms with van der Waals surface area (Å²) >= 11 is 0. The molecule has 3 N–H and O–H groups in total. The molecular formula is C23H41IN4O2. The molecule has 0 bridgehead atoms. The molecule has 0 radical (unpaired) electrons. The fraction of sp³-hybridized carbons (Fsp3) is 0.696. The Morgan fingerprint density at radius 3 is 2.57 bits per heavy atom. The third-order valence-corrected chi connectivity index (χ3v) is 6.04. The Hall–Kier alpha value is -1.06. The molecule has 1 aromatic carbocycles. The molecule has 0 saturated heterocycles. The number of halogens is 1. The van der Waals surface area contributed by atoms with Crippen molar-refractivity contribution in [2.75, 3.05) is 47.4 Å². The zero-order valence-corrected chi connectivity index (χ0v) is 21.4. The lowest BCUT2D eigenvalue weighted by Gasteiger charge is -2.36. The number of aliphatic hydroxyl groups is 1. The van der Waals surface area contributed by atoms with Crippen LogP contribution in [0.1, 0.15) is 57.1 Å². The van der Waals surface area contributed by atoms with Gasteiger partial charge in [0.25, 0.3) is 0 Å². The highest BCUT2D eigenvalue weighted by molar-refractivity contribution is 14.0. The largest absolute Gasteiger partial charge is 0.497 e. The molecule has 0 heterocycles. The molecule has 6 nitrogen and oxygen atoms in total. The Kier molecular flexibility index (Phi) is 12.7. The number of aliphatic hydroxyl groups excluding tert-OH is 1. The number of hydrogen-bond donors (Lipinski definition) is 3. The molecular weight excluding hydrogens is 491 g/mol. The van der Waals surface area contributed by atoms with E-state index in [1.807, 2.05) is 12.1 Å². The molecule has 1 aromatic rings. The number of hydrogen-bond acceptors (Lipinski definition) is 4. The van der Waals surface area contributed by atoms with Crippen LogP contribution in [0.4, 0.5) is 0 Å². The summed E-state index contributed by atoms with van der Waals surface area (Å²) in [6.45, 7) is 4.68. The van der Waals surface area contributed by atoms with E-state index in [1.54, 1.807) is 7.11 Å². The van der Waals surface area contributed by atoms with Gasteiger partial charge in [0, 0.05) is 26.2 Å². The third-order valence-electron chi connectivity index (χ3n) is 6.04. The maximum absolute atomic E-state index is 9.56. The first-order valence-corrected chi connectivity index (χ1v) is 11.0. The Labute approximate surface area is 199 Å². The summed E-state index contributed by atoms with van der Waals surface area (Å²) in [6.07, 6.45) is 6.98. The zero-order valence-electron chi connectivity index (χ0n) is 19.1. The highest BCUT2D eigenvalue weighted by atomic mass is 127. The average Bonchev–Trinajstić information content (AvgIpc) is 2.73. The van der Waals surface area contributed by atoms with Crippen LogP contribution in [-0.2, 0) is 0 Å². The molecule has 30 heavy (non-hydrogen) atoms. The number of nitrogens with zero attached hydrogens (tertiary/aromatic N) is 2. The molecule has 172 valence electrons. The minimum absolute atomic E-state index is 0. The van der Waals surface area contributed by atoms with Crippen LogP contribution in [0.2, 0.25) is 0 Å². The van der Waals surface area contributed by atoms with Gasteiger partial charge >= 0.3 is 0 Å². The standard InChI is InChI=1S/C23H40N4O2.HI/c1-5-24-22(26-18-23(14-15-28)12-7-6-8-13-23)25-17-21(27(2)3)19-10-9-11-20(16-19)29-4;/h9-11,16,21,28H,5-8,12-15,17-18H2,1-4H3,(H2,24,25,26);1H. The monoisotopic (exact) mass is 532 g/mol. The van der Waals surface area contributed by atoms with Crippen molar-refractivity contribution in [1.29, 1.82) is 0 Å². The van der Waals surface area contributed by atoms with Crippen molar-refractivity contribution in [1.82, 2.24) is 15.5 Å². The summed E-state index contributed by atoms with van der Waals surface area (Å²) in [4.78, 5) is 7.13. The number of rotatable bonds is 10. The van der Waals surface area contributed by atoms with Crippen molar-refractivity contribution in [2.24, 2.45) is 10.4 Å².